The number of aromatic nitrogens is 1. The van der Waals surface area contributed by atoms with Crippen LogP contribution in [0.25, 0.3) is 11.3 Å². The van der Waals surface area contributed by atoms with Crippen molar-refractivity contribution in [2.24, 2.45) is 0 Å². The lowest BCUT2D eigenvalue weighted by Gasteiger charge is -2.09. The van der Waals surface area contributed by atoms with E-state index >= 15 is 0 Å². The predicted molar refractivity (Wildman–Crippen MR) is 76.4 cm³/mol. The van der Waals surface area contributed by atoms with Gasteiger partial charge in [0.2, 0.25) is 0 Å². The molecule has 2 rings (SSSR count). The van der Waals surface area contributed by atoms with Crippen LogP contribution in [0.2, 0.25) is 5.02 Å². The topological polar surface area (TPSA) is 49.9 Å². The Hall–Kier alpha value is -1.33. The Morgan fingerprint density at radius 2 is 1.54 bits per heavy atom. The zero-order valence-electron chi connectivity index (χ0n) is 11.2. The number of thioether (sulfide) groups is 1. The molecule has 3 nitrogen and oxygen atoms in total. The van der Waals surface area contributed by atoms with E-state index in [4.69, 9.17) is 11.6 Å². The molecule has 0 radical (unpaired) electrons. The van der Waals surface area contributed by atoms with Gasteiger partial charge in [0.25, 0.3) is 9.84 Å². The number of sulfone groups is 1. The van der Waals surface area contributed by atoms with Gasteiger partial charge in [-0.25, -0.2) is 8.42 Å². The normalized spacial score (nSPS) is 13.3. The Morgan fingerprint density at radius 1 is 1.00 bits per heavy atom. The van der Waals surface area contributed by atoms with E-state index in [0.717, 1.165) is 0 Å². The van der Waals surface area contributed by atoms with Gasteiger partial charge < -0.3 is 4.98 Å². The average Bonchev–Trinajstić information content (AvgIpc) is 2.80. The third kappa shape index (κ3) is 4.01. The van der Waals surface area contributed by atoms with Crippen molar-refractivity contribution in [2.45, 2.75) is 20.9 Å². The molecular formula is C12H6ClF6NO2S2. The van der Waals surface area contributed by atoms with Gasteiger partial charge in [0, 0.05) is 16.8 Å². The Kier molecular flexibility index (Phi) is 4.90. The van der Waals surface area contributed by atoms with E-state index in [0.29, 0.717) is 6.07 Å². The molecule has 0 aliphatic rings. The van der Waals surface area contributed by atoms with Crippen molar-refractivity contribution in [2.75, 3.05) is 0 Å². The van der Waals surface area contributed by atoms with Crippen molar-refractivity contribution in [1.29, 1.82) is 0 Å². The fourth-order valence-corrected chi connectivity index (χ4v) is 3.50. The first-order chi connectivity index (χ1) is 10.8. The van der Waals surface area contributed by atoms with Crippen LogP contribution < -0.4 is 0 Å². The highest BCUT2D eigenvalue weighted by Gasteiger charge is 2.49. The van der Waals surface area contributed by atoms with Crippen LogP contribution in [0, 0.1) is 0 Å². The second kappa shape index (κ2) is 6.19. The fraction of sp³-hybridized carbons (Fsp3) is 0.167. The molecule has 0 aliphatic heterocycles. The van der Waals surface area contributed by atoms with E-state index < -0.39 is 48.2 Å². The number of aromatic amines is 1. The Bertz CT molecular complexity index is 840. The Morgan fingerprint density at radius 3 is 2.00 bits per heavy atom. The minimum Gasteiger partial charge on any atom is -0.348 e. The van der Waals surface area contributed by atoms with E-state index in [9.17, 15) is 34.8 Å². The quantitative estimate of drug-likeness (QED) is 0.557. The van der Waals surface area contributed by atoms with E-state index in [1.807, 2.05) is 0 Å². The van der Waals surface area contributed by atoms with E-state index in [1.165, 1.54) is 24.3 Å². The summed E-state index contributed by atoms with van der Waals surface area (Å²) in [4.78, 5) is 0.785. The number of halogens is 7. The second-order valence-corrected chi connectivity index (χ2v) is 7.83. The van der Waals surface area contributed by atoms with Crippen molar-refractivity contribution in [1.82, 2.24) is 4.98 Å². The summed E-state index contributed by atoms with van der Waals surface area (Å²) >= 11 is 4.88. The molecule has 1 heterocycles. The molecule has 1 aromatic heterocycles. The van der Waals surface area contributed by atoms with E-state index in [-0.39, 0.29) is 10.6 Å². The molecule has 0 amide bonds. The van der Waals surface area contributed by atoms with Crippen LogP contribution >= 0.6 is 23.4 Å². The number of benzene rings is 1. The molecule has 0 atom stereocenters. The van der Waals surface area contributed by atoms with Crippen LogP contribution in [-0.2, 0) is 9.84 Å². The SMILES string of the molecule is O=S(=O)(c1cc(SC(F)(F)F)[nH]c1-c1ccc(Cl)cc1)C(F)(F)F. The molecule has 0 aliphatic carbocycles. The number of hydrogen-bond acceptors (Lipinski definition) is 3. The average molecular weight is 410 g/mol. The van der Waals surface area contributed by atoms with Crippen LogP contribution in [0.5, 0.6) is 0 Å². The van der Waals surface area contributed by atoms with Crippen LogP contribution in [0.15, 0.2) is 40.3 Å². The molecule has 0 bridgehead atoms. The highest BCUT2D eigenvalue weighted by atomic mass is 35.5. The number of hydrogen-bond donors (Lipinski definition) is 1. The minimum absolute atomic E-state index is 0.0590. The molecular weight excluding hydrogens is 404 g/mol. The molecule has 0 saturated carbocycles. The zero-order chi connectivity index (χ0) is 18.3. The molecule has 1 aromatic carbocycles. The van der Waals surface area contributed by atoms with Gasteiger partial charge in [0.1, 0.15) is 4.90 Å². The minimum atomic E-state index is -5.85. The lowest BCUT2D eigenvalue weighted by molar-refractivity contribution is -0.0436. The smallest absolute Gasteiger partial charge is 0.348 e. The monoisotopic (exact) mass is 409 g/mol. The lowest BCUT2D eigenvalue weighted by Crippen LogP contribution is -2.23. The van der Waals surface area contributed by atoms with Crippen LogP contribution in [-0.4, -0.2) is 24.4 Å². The summed E-state index contributed by atoms with van der Waals surface area (Å²) in [7, 11) is -5.85. The van der Waals surface area contributed by atoms with Gasteiger partial charge in [-0.15, -0.1) is 0 Å². The molecule has 0 unspecified atom stereocenters. The Balaban J connectivity index is 2.66. The summed E-state index contributed by atoms with van der Waals surface area (Å²) in [5.41, 5.74) is -11.1. The molecule has 0 fully saturated rings. The first kappa shape index (κ1) is 19.0. The van der Waals surface area contributed by atoms with Gasteiger partial charge in [0.15, 0.2) is 0 Å². The maximum absolute atomic E-state index is 12.8. The van der Waals surface area contributed by atoms with Gasteiger partial charge in [0.05, 0.1) is 10.7 Å². The van der Waals surface area contributed by atoms with Gasteiger partial charge in [-0.2, -0.15) is 26.3 Å². The molecule has 0 saturated heterocycles. The van der Waals surface area contributed by atoms with Crippen molar-refractivity contribution in [3.05, 3.63) is 35.4 Å². The third-order valence-electron chi connectivity index (χ3n) is 2.71. The first-order valence-electron chi connectivity index (χ1n) is 5.87. The lowest BCUT2D eigenvalue weighted by atomic mass is 10.2. The molecule has 2 aromatic rings. The molecule has 132 valence electrons. The maximum atomic E-state index is 12.8. The van der Waals surface area contributed by atoms with Crippen LogP contribution in [0.1, 0.15) is 0 Å². The van der Waals surface area contributed by atoms with Gasteiger partial charge in [-0.05, 0) is 23.8 Å². The van der Waals surface area contributed by atoms with Gasteiger partial charge in [-0.3, -0.25) is 0 Å². The second-order valence-electron chi connectivity index (χ2n) is 4.38. The highest BCUT2D eigenvalue weighted by Crippen LogP contribution is 2.42. The highest BCUT2D eigenvalue weighted by molar-refractivity contribution is 8.00. The zero-order valence-corrected chi connectivity index (χ0v) is 13.6. The van der Waals surface area contributed by atoms with Crippen molar-refractivity contribution in [3.63, 3.8) is 0 Å². The summed E-state index contributed by atoms with van der Waals surface area (Å²) in [6.45, 7) is 0. The van der Waals surface area contributed by atoms with Crippen LogP contribution in [0.3, 0.4) is 0 Å². The largest absolute Gasteiger partial charge is 0.501 e. The molecule has 0 spiro atoms. The van der Waals surface area contributed by atoms with Crippen LogP contribution in [0.4, 0.5) is 26.3 Å². The van der Waals surface area contributed by atoms with Crippen molar-refractivity contribution >= 4 is 33.2 Å². The molecule has 12 heteroatoms. The van der Waals surface area contributed by atoms with Crippen molar-refractivity contribution < 1.29 is 34.8 Å². The van der Waals surface area contributed by atoms with Gasteiger partial charge >= 0.3 is 11.0 Å². The van der Waals surface area contributed by atoms with Crippen molar-refractivity contribution in [3.8, 4) is 11.3 Å². The summed E-state index contributed by atoms with van der Waals surface area (Å²) in [5, 5.41) is -0.564. The summed E-state index contributed by atoms with van der Waals surface area (Å²) in [5.74, 6) is 0. The molecule has 1 N–H and O–H groups in total. The summed E-state index contributed by atoms with van der Waals surface area (Å²) in [6.07, 6.45) is 0. The maximum Gasteiger partial charge on any atom is 0.501 e. The van der Waals surface area contributed by atoms with E-state index in [2.05, 4.69) is 4.98 Å². The number of alkyl halides is 6. The number of H-pyrrole nitrogens is 1. The fourth-order valence-electron chi connectivity index (χ4n) is 1.76. The number of nitrogens with one attached hydrogen (secondary N) is 1. The standard InChI is InChI=1S/C12H6ClF6NO2S2/c13-7-3-1-6(2-4-7)10-8(24(21,22)12(17,18)19)5-9(20-10)23-11(14,15)16/h1-5,20H. The Labute approximate surface area is 140 Å². The first-order valence-corrected chi connectivity index (χ1v) is 8.55. The number of rotatable bonds is 3. The summed E-state index contributed by atoms with van der Waals surface area (Å²) < 4.78 is 98.9. The van der Waals surface area contributed by atoms with E-state index in [1.54, 1.807) is 0 Å². The summed E-state index contributed by atoms with van der Waals surface area (Å²) in [6, 6.07) is 5.21. The molecule has 24 heavy (non-hydrogen) atoms. The third-order valence-corrected chi connectivity index (χ3v) is 5.14. The van der Waals surface area contributed by atoms with Gasteiger partial charge in [-0.1, -0.05) is 23.7 Å². The predicted octanol–water partition coefficient (Wildman–Crippen LogP) is 5.24.